The maximum atomic E-state index is 11.6. The van der Waals surface area contributed by atoms with Crippen molar-refractivity contribution in [3.05, 3.63) is 0 Å². The van der Waals surface area contributed by atoms with Gasteiger partial charge in [-0.05, 0) is 26.3 Å². The number of carbonyl (C=O) groups excluding carboxylic acids is 1. The molecular weight excluding hydrogens is 204 g/mol. The quantitative estimate of drug-likeness (QED) is 0.753. The maximum Gasteiger partial charge on any atom is 0.223 e. The van der Waals surface area contributed by atoms with E-state index < -0.39 is 0 Å². The standard InChI is InChI=1S/C12H24N2O2/c1-3-13(2)12(16)7-9-14-8-5-4-6-11(14)10-15/h11,15H,3-10H2,1-2H3. The number of rotatable bonds is 5. The fourth-order valence-electron chi connectivity index (χ4n) is 2.17. The fourth-order valence-corrected chi connectivity index (χ4v) is 2.17. The lowest BCUT2D eigenvalue weighted by molar-refractivity contribution is -0.130. The fraction of sp³-hybridized carbons (Fsp3) is 0.917. The molecule has 1 amide bonds. The molecule has 0 spiro atoms. The third kappa shape index (κ3) is 3.76. The molecular formula is C12H24N2O2. The number of carbonyl (C=O) groups is 1. The highest BCUT2D eigenvalue weighted by Gasteiger charge is 2.22. The number of likely N-dealkylation sites (tertiary alicyclic amines) is 1. The molecule has 0 bridgehead atoms. The van der Waals surface area contributed by atoms with Gasteiger partial charge in [0, 0.05) is 32.6 Å². The number of aliphatic hydroxyl groups is 1. The van der Waals surface area contributed by atoms with Crippen LogP contribution in [-0.2, 0) is 4.79 Å². The predicted octanol–water partition coefficient (Wildman–Crippen LogP) is 0.702. The van der Waals surface area contributed by atoms with Gasteiger partial charge in [0.15, 0.2) is 0 Å². The molecule has 16 heavy (non-hydrogen) atoms. The lowest BCUT2D eigenvalue weighted by Crippen LogP contribution is -2.43. The van der Waals surface area contributed by atoms with Crippen LogP contribution in [0.1, 0.15) is 32.6 Å². The van der Waals surface area contributed by atoms with E-state index in [4.69, 9.17) is 0 Å². The van der Waals surface area contributed by atoms with Gasteiger partial charge in [-0.2, -0.15) is 0 Å². The first-order valence-electron chi connectivity index (χ1n) is 6.28. The molecule has 0 aromatic rings. The Kier molecular flexibility index (Phi) is 5.77. The van der Waals surface area contributed by atoms with Crippen molar-refractivity contribution in [3.63, 3.8) is 0 Å². The van der Waals surface area contributed by atoms with Crippen LogP contribution < -0.4 is 0 Å². The summed E-state index contributed by atoms with van der Waals surface area (Å²) in [6, 6.07) is 0.272. The van der Waals surface area contributed by atoms with E-state index in [1.54, 1.807) is 4.90 Å². The van der Waals surface area contributed by atoms with Crippen molar-refractivity contribution in [3.8, 4) is 0 Å². The minimum Gasteiger partial charge on any atom is -0.395 e. The second-order valence-corrected chi connectivity index (χ2v) is 4.53. The van der Waals surface area contributed by atoms with Gasteiger partial charge in [-0.25, -0.2) is 0 Å². The number of aliphatic hydroxyl groups excluding tert-OH is 1. The normalized spacial score (nSPS) is 22.1. The molecule has 0 aliphatic carbocycles. The van der Waals surface area contributed by atoms with Crippen LogP contribution in [0.3, 0.4) is 0 Å². The monoisotopic (exact) mass is 228 g/mol. The average molecular weight is 228 g/mol. The molecule has 1 aliphatic rings. The highest BCUT2D eigenvalue weighted by Crippen LogP contribution is 2.16. The van der Waals surface area contributed by atoms with Crippen molar-refractivity contribution < 1.29 is 9.90 Å². The SMILES string of the molecule is CCN(C)C(=O)CCN1CCCCC1CO. The molecule has 94 valence electrons. The molecule has 1 N–H and O–H groups in total. The number of piperidine rings is 1. The Morgan fingerprint density at radius 1 is 1.50 bits per heavy atom. The van der Waals surface area contributed by atoms with E-state index in [1.807, 2.05) is 14.0 Å². The molecule has 1 rings (SSSR count). The molecule has 0 radical (unpaired) electrons. The van der Waals surface area contributed by atoms with Gasteiger partial charge in [0.2, 0.25) is 5.91 Å². The zero-order valence-electron chi connectivity index (χ0n) is 10.5. The highest BCUT2D eigenvalue weighted by atomic mass is 16.3. The number of amides is 1. The zero-order chi connectivity index (χ0) is 12.0. The van der Waals surface area contributed by atoms with Gasteiger partial charge in [0.1, 0.15) is 0 Å². The van der Waals surface area contributed by atoms with Gasteiger partial charge in [-0.1, -0.05) is 6.42 Å². The Bertz CT molecular complexity index is 221. The summed E-state index contributed by atoms with van der Waals surface area (Å²) in [5, 5.41) is 9.25. The van der Waals surface area contributed by atoms with Gasteiger partial charge in [0.05, 0.1) is 6.61 Å². The van der Waals surface area contributed by atoms with Crippen LogP contribution >= 0.6 is 0 Å². The summed E-state index contributed by atoms with van der Waals surface area (Å²) in [5.74, 6) is 0.199. The highest BCUT2D eigenvalue weighted by molar-refractivity contribution is 5.75. The molecule has 4 nitrogen and oxygen atoms in total. The van der Waals surface area contributed by atoms with Crippen molar-refractivity contribution in [2.45, 2.75) is 38.6 Å². The maximum absolute atomic E-state index is 11.6. The first kappa shape index (κ1) is 13.5. The lowest BCUT2D eigenvalue weighted by Gasteiger charge is -2.34. The van der Waals surface area contributed by atoms with Crippen LogP contribution in [-0.4, -0.2) is 60.1 Å². The zero-order valence-corrected chi connectivity index (χ0v) is 10.5. The van der Waals surface area contributed by atoms with Crippen LogP contribution in [0.2, 0.25) is 0 Å². The Morgan fingerprint density at radius 3 is 2.88 bits per heavy atom. The van der Waals surface area contributed by atoms with Gasteiger partial charge in [-0.3, -0.25) is 9.69 Å². The molecule has 1 aliphatic heterocycles. The summed E-state index contributed by atoms with van der Waals surface area (Å²) in [5.41, 5.74) is 0. The summed E-state index contributed by atoms with van der Waals surface area (Å²) >= 11 is 0. The first-order chi connectivity index (χ1) is 7.69. The number of hydrogen-bond acceptors (Lipinski definition) is 3. The Balaban J connectivity index is 2.32. The summed E-state index contributed by atoms with van der Waals surface area (Å²) in [4.78, 5) is 15.7. The van der Waals surface area contributed by atoms with Gasteiger partial charge >= 0.3 is 0 Å². The van der Waals surface area contributed by atoms with Crippen LogP contribution in [0.4, 0.5) is 0 Å². The van der Waals surface area contributed by atoms with Crippen molar-refractivity contribution in [1.82, 2.24) is 9.80 Å². The van der Waals surface area contributed by atoms with E-state index in [9.17, 15) is 9.90 Å². The van der Waals surface area contributed by atoms with Crippen LogP contribution in [0.5, 0.6) is 0 Å². The Morgan fingerprint density at radius 2 is 2.25 bits per heavy atom. The summed E-state index contributed by atoms with van der Waals surface area (Å²) in [6.45, 7) is 4.78. The molecule has 1 saturated heterocycles. The third-order valence-corrected chi connectivity index (χ3v) is 3.47. The van der Waals surface area contributed by atoms with Crippen LogP contribution in [0.25, 0.3) is 0 Å². The van der Waals surface area contributed by atoms with E-state index in [2.05, 4.69) is 4.90 Å². The Hall–Kier alpha value is -0.610. The predicted molar refractivity (Wildman–Crippen MR) is 64.2 cm³/mol. The minimum absolute atomic E-state index is 0.199. The molecule has 1 atom stereocenters. The van der Waals surface area contributed by atoms with Crippen molar-refractivity contribution >= 4 is 5.91 Å². The Labute approximate surface area is 98.2 Å². The van der Waals surface area contributed by atoms with Gasteiger partial charge < -0.3 is 10.0 Å². The van der Waals surface area contributed by atoms with E-state index >= 15 is 0 Å². The molecule has 0 aromatic carbocycles. The topological polar surface area (TPSA) is 43.8 Å². The van der Waals surface area contributed by atoms with Crippen molar-refractivity contribution in [2.75, 3.05) is 33.3 Å². The second kappa shape index (κ2) is 6.86. The van der Waals surface area contributed by atoms with Crippen molar-refractivity contribution in [1.29, 1.82) is 0 Å². The molecule has 4 heteroatoms. The van der Waals surface area contributed by atoms with E-state index in [0.29, 0.717) is 6.42 Å². The van der Waals surface area contributed by atoms with Crippen LogP contribution in [0, 0.1) is 0 Å². The third-order valence-electron chi connectivity index (χ3n) is 3.47. The van der Waals surface area contributed by atoms with E-state index in [0.717, 1.165) is 26.1 Å². The lowest BCUT2D eigenvalue weighted by atomic mass is 10.0. The molecule has 1 heterocycles. The minimum atomic E-state index is 0.199. The molecule has 0 aromatic heterocycles. The van der Waals surface area contributed by atoms with Gasteiger partial charge in [-0.15, -0.1) is 0 Å². The molecule has 1 fully saturated rings. The largest absolute Gasteiger partial charge is 0.395 e. The average Bonchev–Trinajstić information content (AvgIpc) is 2.35. The smallest absolute Gasteiger partial charge is 0.223 e. The number of nitrogens with zero attached hydrogens (tertiary/aromatic N) is 2. The number of hydrogen-bond donors (Lipinski definition) is 1. The molecule has 1 unspecified atom stereocenters. The van der Waals surface area contributed by atoms with Crippen molar-refractivity contribution in [2.24, 2.45) is 0 Å². The summed E-state index contributed by atoms with van der Waals surface area (Å²) in [7, 11) is 1.84. The first-order valence-corrected chi connectivity index (χ1v) is 6.28. The van der Waals surface area contributed by atoms with Crippen LogP contribution in [0.15, 0.2) is 0 Å². The molecule has 0 saturated carbocycles. The second-order valence-electron chi connectivity index (χ2n) is 4.53. The van der Waals surface area contributed by atoms with E-state index in [1.165, 1.54) is 12.8 Å². The van der Waals surface area contributed by atoms with E-state index in [-0.39, 0.29) is 18.6 Å². The van der Waals surface area contributed by atoms with Gasteiger partial charge in [0.25, 0.3) is 0 Å². The summed E-state index contributed by atoms with van der Waals surface area (Å²) < 4.78 is 0. The summed E-state index contributed by atoms with van der Waals surface area (Å²) in [6.07, 6.45) is 4.02.